The Labute approximate surface area is 115 Å². The Morgan fingerprint density at radius 1 is 1.30 bits per heavy atom. The maximum absolute atomic E-state index is 12.5. The van der Waals surface area contributed by atoms with E-state index in [4.69, 9.17) is 4.74 Å². The third kappa shape index (κ3) is 3.30. The fourth-order valence-corrected chi connectivity index (χ4v) is 2.25. The molecular weight excluding hydrogens is 271 g/mol. The number of cyclic esters (lactones) is 1. The Kier molecular flexibility index (Phi) is 4.04. The van der Waals surface area contributed by atoms with Crippen molar-refractivity contribution in [2.24, 2.45) is 0 Å². The number of carbonyl (C=O) groups is 1. The fraction of sp³-hybridized carbons (Fsp3) is 0.500. The summed E-state index contributed by atoms with van der Waals surface area (Å²) in [6.07, 6.45) is -3.89. The molecule has 0 unspecified atom stereocenters. The van der Waals surface area contributed by atoms with Crippen molar-refractivity contribution in [2.45, 2.75) is 44.6 Å². The summed E-state index contributed by atoms with van der Waals surface area (Å²) in [6.45, 7) is 3.61. The van der Waals surface area contributed by atoms with Gasteiger partial charge in [-0.05, 0) is 31.5 Å². The summed E-state index contributed by atoms with van der Waals surface area (Å²) in [5.41, 5.74) is 0.0210. The van der Waals surface area contributed by atoms with Crippen LogP contribution in [0.25, 0.3) is 0 Å². The smallest absolute Gasteiger partial charge is 0.416 e. The molecule has 0 aromatic heterocycles. The number of alkyl halides is 3. The van der Waals surface area contributed by atoms with E-state index in [2.05, 4.69) is 5.32 Å². The zero-order valence-electron chi connectivity index (χ0n) is 11.2. The molecule has 1 fully saturated rings. The molecule has 1 aromatic rings. The zero-order chi connectivity index (χ0) is 14.9. The van der Waals surface area contributed by atoms with Gasteiger partial charge in [-0.1, -0.05) is 12.1 Å². The highest BCUT2D eigenvalue weighted by atomic mass is 19.4. The second-order valence-electron chi connectivity index (χ2n) is 5.04. The SMILES string of the molecule is C[C@@H]1C[C@@H](N[C@H](C)c2ccc(C(F)(F)F)cc2)C(=O)O1. The number of halogens is 3. The topological polar surface area (TPSA) is 38.3 Å². The Hall–Kier alpha value is -1.56. The molecule has 0 radical (unpaired) electrons. The fourth-order valence-electron chi connectivity index (χ4n) is 2.25. The summed E-state index contributed by atoms with van der Waals surface area (Å²) >= 11 is 0. The van der Waals surface area contributed by atoms with Gasteiger partial charge in [-0.2, -0.15) is 13.2 Å². The van der Waals surface area contributed by atoms with Crippen molar-refractivity contribution in [3.8, 4) is 0 Å². The third-order valence-corrected chi connectivity index (χ3v) is 3.36. The Balaban J connectivity index is 2.03. The number of carbonyl (C=O) groups excluding carboxylic acids is 1. The van der Waals surface area contributed by atoms with Crippen LogP contribution in [0.15, 0.2) is 24.3 Å². The van der Waals surface area contributed by atoms with Crippen LogP contribution in [0, 0.1) is 0 Å². The molecule has 1 aliphatic heterocycles. The summed E-state index contributed by atoms with van der Waals surface area (Å²) in [5, 5.41) is 3.08. The maximum Gasteiger partial charge on any atom is 0.416 e. The number of nitrogens with one attached hydrogen (secondary N) is 1. The molecule has 110 valence electrons. The lowest BCUT2D eigenvalue weighted by molar-refractivity contribution is -0.142. The molecule has 0 aliphatic carbocycles. The van der Waals surface area contributed by atoms with Crippen molar-refractivity contribution in [3.63, 3.8) is 0 Å². The number of rotatable bonds is 3. The minimum absolute atomic E-state index is 0.125. The van der Waals surface area contributed by atoms with Crippen molar-refractivity contribution < 1.29 is 22.7 Å². The highest BCUT2D eigenvalue weighted by Gasteiger charge is 2.33. The van der Waals surface area contributed by atoms with E-state index in [1.165, 1.54) is 12.1 Å². The van der Waals surface area contributed by atoms with Gasteiger partial charge in [-0.15, -0.1) is 0 Å². The molecule has 0 saturated carbocycles. The van der Waals surface area contributed by atoms with Gasteiger partial charge in [0.15, 0.2) is 0 Å². The van der Waals surface area contributed by atoms with Crippen LogP contribution in [0.3, 0.4) is 0 Å². The quantitative estimate of drug-likeness (QED) is 0.868. The van der Waals surface area contributed by atoms with Crippen molar-refractivity contribution in [3.05, 3.63) is 35.4 Å². The van der Waals surface area contributed by atoms with E-state index < -0.39 is 17.8 Å². The molecule has 1 heterocycles. The van der Waals surface area contributed by atoms with Gasteiger partial charge in [0, 0.05) is 12.5 Å². The highest BCUT2D eigenvalue weighted by molar-refractivity contribution is 5.78. The number of benzene rings is 1. The minimum atomic E-state index is -4.33. The third-order valence-electron chi connectivity index (χ3n) is 3.36. The summed E-state index contributed by atoms with van der Waals surface area (Å²) < 4.78 is 42.4. The average molecular weight is 287 g/mol. The first-order chi connectivity index (χ1) is 9.27. The Morgan fingerprint density at radius 3 is 2.35 bits per heavy atom. The predicted octanol–water partition coefficient (Wildman–Crippen LogP) is 3.06. The van der Waals surface area contributed by atoms with E-state index >= 15 is 0 Å². The molecule has 0 spiro atoms. The molecule has 6 heteroatoms. The predicted molar refractivity (Wildman–Crippen MR) is 67.0 cm³/mol. The van der Waals surface area contributed by atoms with Crippen molar-refractivity contribution in [2.75, 3.05) is 0 Å². The van der Waals surface area contributed by atoms with E-state index in [1.807, 2.05) is 6.92 Å². The second kappa shape index (κ2) is 5.44. The summed E-state index contributed by atoms with van der Waals surface area (Å²) in [7, 11) is 0. The van der Waals surface area contributed by atoms with Crippen LogP contribution in [0.1, 0.15) is 37.4 Å². The zero-order valence-corrected chi connectivity index (χ0v) is 11.2. The van der Waals surface area contributed by atoms with Gasteiger partial charge >= 0.3 is 12.1 Å². The molecule has 2 rings (SSSR count). The van der Waals surface area contributed by atoms with Gasteiger partial charge < -0.3 is 4.74 Å². The first-order valence-electron chi connectivity index (χ1n) is 6.41. The first kappa shape index (κ1) is 14.8. The maximum atomic E-state index is 12.5. The van der Waals surface area contributed by atoms with Crippen LogP contribution >= 0.6 is 0 Å². The summed E-state index contributed by atoms with van der Waals surface area (Å²) in [4.78, 5) is 11.5. The van der Waals surface area contributed by atoms with Crippen molar-refractivity contribution in [1.29, 1.82) is 0 Å². The molecule has 3 nitrogen and oxygen atoms in total. The van der Waals surface area contributed by atoms with E-state index in [9.17, 15) is 18.0 Å². The Bertz CT molecular complexity index is 484. The minimum Gasteiger partial charge on any atom is -0.461 e. The molecule has 1 saturated heterocycles. The highest BCUT2D eigenvalue weighted by Crippen LogP contribution is 2.30. The largest absolute Gasteiger partial charge is 0.461 e. The summed E-state index contributed by atoms with van der Waals surface area (Å²) in [6, 6.07) is 4.31. The van der Waals surface area contributed by atoms with Crippen molar-refractivity contribution in [1.82, 2.24) is 5.32 Å². The number of ether oxygens (including phenoxy) is 1. The second-order valence-corrected chi connectivity index (χ2v) is 5.04. The van der Waals surface area contributed by atoms with E-state index in [-0.39, 0.29) is 18.1 Å². The molecule has 1 aromatic carbocycles. The molecule has 1 N–H and O–H groups in total. The van der Waals surface area contributed by atoms with E-state index in [0.29, 0.717) is 12.0 Å². The van der Waals surface area contributed by atoms with Crippen LogP contribution in [0.5, 0.6) is 0 Å². The number of hydrogen-bond donors (Lipinski definition) is 1. The molecule has 20 heavy (non-hydrogen) atoms. The van der Waals surface area contributed by atoms with Gasteiger partial charge in [0.1, 0.15) is 12.1 Å². The lowest BCUT2D eigenvalue weighted by atomic mass is 10.0. The van der Waals surface area contributed by atoms with Crippen LogP contribution < -0.4 is 5.32 Å². The monoisotopic (exact) mass is 287 g/mol. The van der Waals surface area contributed by atoms with Crippen LogP contribution in [-0.4, -0.2) is 18.1 Å². The lowest BCUT2D eigenvalue weighted by Crippen LogP contribution is -2.35. The van der Waals surface area contributed by atoms with Crippen LogP contribution in [0.2, 0.25) is 0 Å². The van der Waals surface area contributed by atoms with E-state index in [1.54, 1.807) is 6.92 Å². The van der Waals surface area contributed by atoms with Gasteiger partial charge in [0.05, 0.1) is 5.56 Å². The average Bonchev–Trinajstić information content (AvgIpc) is 2.67. The number of hydrogen-bond acceptors (Lipinski definition) is 3. The number of esters is 1. The van der Waals surface area contributed by atoms with Gasteiger partial charge in [-0.3, -0.25) is 10.1 Å². The molecule has 0 bridgehead atoms. The first-order valence-corrected chi connectivity index (χ1v) is 6.41. The molecular formula is C14H16F3NO2. The van der Waals surface area contributed by atoms with Gasteiger partial charge in [0.2, 0.25) is 0 Å². The van der Waals surface area contributed by atoms with Crippen LogP contribution in [-0.2, 0) is 15.7 Å². The molecule has 0 amide bonds. The lowest BCUT2D eigenvalue weighted by Gasteiger charge is -2.18. The van der Waals surface area contributed by atoms with Crippen molar-refractivity contribution >= 4 is 5.97 Å². The van der Waals surface area contributed by atoms with Crippen LogP contribution in [0.4, 0.5) is 13.2 Å². The molecule has 1 aliphatic rings. The normalized spacial score (nSPS) is 24.6. The van der Waals surface area contributed by atoms with Gasteiger partial charge in [-0.25, -0.2) is 0 Å². The van der Waals surface area contributed by atoms with E-state index in [0.717, 1.165) is 12.1 Å². The standard InChI is InChI=1S/C14H16F3NO2/c1-8-7-12(13(19)20-8)18-9(2)10-3-5-11(6-4-10)14(15,16)17/h3-6,8-9,12,18H,7H2,1-2H3/t8-,9-,12-/m1/s1. The Morgan fingerprint density at radius 2 is 1.90 bits per heavy atom. The summed E-state index contributed by atoms with van der Waals surface area (Å²) in [5.74, 6) is -0.309. The van der Waals surface area contributed by atoms with Gasteiger partial charge in [0.25, 0.3) is 0 Å². The molecule has 3 atom stereocenters.